The van der Waals surface area contributed by atoms with E-state index >= 15 is 0 Å². The largest absolute Gasteiger partial charge is 0.347 e. The molecule has 0 atom stereocenters. The van der Waals surface area contributed by atoms with Crippen molar-refractivity contribution in [2.24, 2.45) is 0 Å². The van der Waals surface area contributed by atoms with Crippen LogP contribution in [-0.4, -0.2) is 21.0 Å². The average Bonchev–Trinajstić information content (AvgIpc) is 2.87. The molecular formula is C9H11N5OS. The third-order valence-electron chi connectivity index (χ3n) is 1.81. The molecule has 0 saturated carbocycles. The number of aryl methyl sites for hydroxylation is 1. The van der Waals surface area contributed by atoms with Crippen molar-refractivity contribution >= 4 is 22.5 Å². The zero-order chi connectivity index (χ0) is 11.4. The van der Waals surface area contributed by atoms with Crippen molar-refractivity contribution in [1.82, 2.24) is 20.3 Å². The number of rotatable bonds is 3. The molecule has 2 heterocycles. The van der Waals surface area contributed by atoms with Crippen LogP contribution < -0.4 is 10.6 Å². The molecule has 3 N–H and O–H groups in total. The Morgan fingerprint density at radius 1 is 1.62 bits per heavy atom. The molecule has 0 spiro atoms. The summed E-state index contributed by atoms with van der Waals surface area (Å²) in [5.74, 6) is 0.713. The Labute approximate surface area is 96.1 Å². The highest BCUT2D eigenvalue weighted by Gasteiger charge is 2.04. The Kier molecular flexibility index (Phi) is 3.16. The topological polar surface area (TPSA) is 82.7 Å². The Bertz CT molecular complexity index is 464. The fourth-order valence-corrected chi connectivity index (χ4v) is 1.79. The van der Waals surface area contributed by atoms with Crippen molar-refractivity contribution in [3.63, 3.8) is 0 Å². The third-order valence-corrected chi connectivity index (χ3v) is 2.69. The predicted octanol–water partition coefficient (Wildman–Crippen LogP) is 1.50. The molecule has 2 aromatic rings. The van der Waals surface area contributed by atoms with Gasteiger partial charge in [0.05, 0.1) is 12.2 Å². The molecule has 2 rings (SSSR count). The van der Waals surface area contributed by atoms with E-state index in [2.05, 4.69) is 25.6 Å². The molecule has 6 nitrogen and oxygen atoms in total. The first-order valence-corrected chi connectivity index (χ1v) is 5.57. The monoisotopic (exact) mass is 237 g/mol. The van der Waals surface area contributed by atoms with Crippen LogP contribution in [0.25, 0.3) is 0 Å². The number of nitrogens with one attached hydrogen (secondary N) is 3. The van der Waals surface area contributed by atoms with Crippen molar-refractivity contribution < 1.29 is 4.79 Å². The number of carbonyl (C=O) groups excluding carboxylic acids is 1. The molecule has 0 radical (unpaired) electrons. The number of imidazole rings is 1. The summed E-state index contributed by atoms with van der Waals surface area (Å²) in [6.07, 6.45) is 3.35. The van der Waals surface area contributed by atoms with Gasteiger partial charge >= 0.3 is 6.03 Å². The number of amides is 2. The quantitative estimate of drug-likeness (QED) is 0.756. The van der Waals surface area contributed by atoms with E-state index in [-0.39, 0.29) is 6.03 Å². The number of nitrogens with zero attached hydrogens (tertiary/aromatic N) is 2. The highest BCUT2D eigenvalue weighted by molar-refractivity contribution is 7.13. The van der Waals surface area contributed by atoms with Crippen LogP contribution in [0.4, 0.5) is 9.93 Å². The molecule has 16 heavy (non-hydrogen) atoms. The average molecular weight is 237 g/mol. The van der Waals surface area contributed by atoms with Gasteiger partial charge in [0.2, 0.25) is 0 Å². The molecule has 2 aromatic heterocycles. The van der Waals surface area contributed by atoms with E-state index in [1.54, 1.807) is 12.4 Å². The minimum Gasteiger partial charge on any atom is -0.347 e. The highest BCUT2D eigenvalue weighted by Crippen LogP contribution is 2.13. The summed E-state index contributed by atoms with van der Waals surface area (Å²) in [6, 6.07) is -0.286. The van der Waals surface area contributed by atoms with Crippen LogP contribution in [0.2, 0.25) is 0 Å². The second kappa shape index (κ2) is 4.75. The third kappa shape index (κ3) is 2.80. The van der Waals surface area contributed by atoms with Gasteiger partial charge in [0.15, 0.2) is 5.13 Å². The van der Waals surface area contributed by atoms with Gasteiger partial charge in [0.1, 0.15) is 5.82 Å². The molecule has 0 unspecified atom stereocenters. The number of hydrogen-bond donors (Lipinski definition) is 3. The van der Waals surface area contributed by atoms with E-state index in [9.17, 15) is 4.79 Å². The van der Waals surface area contributed by atoms with E-state index in [1.807, 2.05) is 12.3 Å². The van der Waals surface area contributed by atoms with E-state index in [0.717, 1.165) is 5.69 Å². The van der Waals surface area contributed by atoms with E-state index < -0.39 is 0 Å². The van der Waals surface area contributed by atoms with Crippen LogP contribution in [0, 0.1) is 6.92 Å². The van der Waals surface area contributed by atoms with Crippen molar-refractivity contribution in [2.75, 3.05) is 5.32 Å². The van der Waals surface area contributed by atoms with Gasteiger partial charge < -0.3 is 10.3 Å². The maximum atomic E-state index is 11.4. The number of aromatic nitrogens is 3. The van der Waals surface area contributed by atoms with E-state index in [0.29, 0.717) is 17.5 Å². The Hall–Kier alpha value is -1.89. The molecule has 0 aliphatic carbocycles. The lowest BCUT2D eigenvalue weighted by Crippen LogP contribution is -2.28. The molecule has 0 aliphatic heterocycles. The fraction of sp³-hybridized carbons (Fsp3) is 0.222. The normalized spacial score (nSPS) is 10.1. The van der Waals surface area contributed by atoms with Gasteiger partial charge in [0, 0.05) is 17.8 Å². The highest BCUT2D eigenvalue weighted by atomic mass is 32.1. The maximum Gasteiger partial charge on any atom is 0.321 e. The molecule has 0 aromatic carbocycles. The van der Waals surface area contributed by atoms with E-state index in [4.69, 9.17) is 0 Å². The van der Waals surface area contributed by atoms with Gasteiger partial charge in [-0.25, -0.2) is 14.8 Å². The van der Waals surface area contributed by atoms with Gasteiger partial charge in [-0.3, -0.25) is 5.32 Å². The van der Waals surface area contributed by atoms with Crippen LogP contribution in [0.5, 0.6) is 0 Å². The summed E-state index contributed by atoms with van der Waals surface area (Å²) in [5, 5.41) is 7.78. The number of anilines is 1. The smallest absolute Gasteiger partial charge is 0.321 e. The molecule has 0 aliphatic rings. The molecule has 0 fully saturated rings. The predicted molar refractivity (Wildman–Crippen MR) is 61.3 cm³/mol. The van der Waals surface area contributed by atoms with Crippen molar-refractivity contribution in [1.29, 1.82) is 0 Å². The standard InChI is InChI=1S/C9H11N5OS/c1-6-5-16-9(13-6)14-8(15)12-4-7-10-2-3-11-7/h2-3,5H,4H2,1H3,(H,10,11)(H2,12,13,14,15). The molecule has 84 valence electrons. The van der Waals surface area contributed by atoms with Gasteiger partial charge in [-0.15, -0.1) is 11.3 Å². The summed E-state index contributed by atoms with van der Waals surface area (Å²) in [6.45, 7) is 2.24. The summed E-state index contributed by atoms with van der Waals surface area (Å²) < 4.78 is 0. The molecule has 0 bridgehead atoms. The second-order valence-electron chi connectivity index (χ2n) is 3.14. The number of thiazole rings is 1. The summed E-state index contributed by atoms with van der Waals surface area (Å²) in [5.41, 5.74) is 0.895. The fourth-order valence-electron chi connectivity index (χ4n) is 1.11. The maximum absolute atomic E-state index is 11.4. The number of carbonyl (C=O) groups is 1. The van der Waals surface area contributed by atoms with Gasteiger partial charge in [-0.1, -0.05) is 0 Å². The first-order valence-electron chi connectivity index (χ1n) is 4.69. The molecular weight excluding hydrogens is 226 g/mol. The first kappa shape index (κ1) is 10.6. The van der Waals surface area contributed by atoms with Crippen LogP contribution >= 0.6 is 11.3 Å². The van der Waals surface area contributed by atoms with Crippen molar-refractivity contribution in [2.45, 2.75) is 13.5 Å². The zero-order valence-corrected chi connectivity index (χ0v) is 9.47. The van der Waals surface area contributed by atoms with Gasteiger partial charge in [0.25, 0.3) is 0 Å². The van der Waals surface area contributed by atoms with Crippen LogP contribution in [0.15, 0.2) is 17.8 Å². The summed E-state index contributed by atoms with van der Waals surface area (Å²) in [7, 11) is 0. The van der Waals surface area contributed by atoms with Gasteiger partial charge in [-0.2, -0.15) is 0 Å². The Morgan fingerprint density at radius 3 is 3.12 bits per heavy atom. The number of urea groups is 1. The van der Waals surface area contributed by atoms with Crippen LogP contribution in [-0.2, 0) is 6.54 Å². The van der Waals surface area contributed by atoms with Crippen LogP contribution in [0.3, 0.4) is 0 Å². The van der Waals surface area contributed by atoms with Gasteiger partial charge in [-0.05, 0) is 6.92 Å². The minimum atomic E-state index is -0.286. The SMILES string of the molecule is Cc1csc(NC(=O)NCc2ncc[nH]2)n1. The van der Waals surface area contributed by atoms with Crippen molar-refractivity contribution in [3.05, 3.63) is 29.3 Å². The lowest BCUT2D eigenvalue weighted by Gasteiger charge is -2.02. The zero-order valence-electron chi connectivity index (χ0n) is 8.65. The van der Waals surface area contributed by atoms with Crippen molar-refractivity contribution in [3.8, 4) is 0 Å². The number of hydrogen-bond acceptors (Lipinski definition) is 4. The summed E-state index contributed by atoms with van der Waals surface area (Å²) >= 11 is 1.39. The minimum absolute atomic E-state index is 0.286. The Balaban J connectivity index is 1.81. The Morgan fingerprint density at radius 2 is 2.50 bits per heavy atom. The lowest BCUT2D eigenvalue weighted by atomic mass is 10.6. The van der Waals surface area contributed by atoms with Crippen LogP contribution in [0.1, 0.15) is 11.5 Å². The molecule has 2 amide bonds. The first-order chi connectivity index (χ1) is 7.74. The lowest BCUT2D eigenvalue weighted by molar-refractivity contribution is 0.251. The molecule has 0 saturated heterocycles. The molecule has 7 heteroatoms. The number of aromatic amines is 1. The van der Waals surface area contributed by atoms with E-state index in [1.165, 1.54) is 11.3 Å². The summed E-state index contributed by atoms with van der Waals surface area (Å²) in [4.78, 5) is 22.4. The number of H-pyrrole nitrogens is 1. The second-order valence-corrected chi connectivity index (χ2v) is 4.00.